The van der Waals surface area contributed by atoms with Crippen LogP contribution in [0.15, 0.2) is 44.7 Å². The van der Waals surface area contributed by atoms with Gasteiger partial charge in [-0.05, 0) is 37.6 Å². The summed E-state index contributed by atoms with van der Waals surface area (Å²) in [6.45, 7) is 7.52. The molecule has 0 aliphatic heterocycles. The van der Waals surface area contributed by atoms with E-state index in [0.29, 0.717) is 28.7 Å². The number of nitro benzene ring substituents is 1. The number of hydrogen-bond donors (Lipinski definition) is 0. The summed E-state index contributed by atoms with van der Waals surface area (Å²) in [5.41, 5.74) is 0.317. The molecule has 168 valence electrons. The number of benzene rings is 2. The molecule has 1 atom stereocenters. The van der Waals surface area contributed by atoms with Crippen LogP contribution in [-0.4, -0.2) is 26.9 Å². The van der Waals surface area contributed by atoms with Crippen molar-refractivity contribution in [3.63, 3.8) is 0 Å². The predicted molar refractivity (Wildman–Crippen MR) is 129 cm³/mol. The van der Waals surface area contributed by atoms with Crippen LogP contribution in [0.1, 0.15) is 51.4 Å². The molecule has 32 heavy (non-hydrogen) atoms. The van der Waals surface area contributed by atoms with Crippen LogP contribution in [-0.2, 0) is 0 Å². The average molecular weight is 522 g/mol. The molecule has 0 radical (unpaired) electrons. The number of halogens is 2. The normalized spacial score (nSPS) is 12.6. The first-order valence-electron chi connectivity index (χ1n) is 10.0. The first kappa shape index (κ1) is 23.9. The van der Waals surface area contributed by atoms with Crippen molar-refractivity contribution in [3.05, 3.63) is 71.7 Å². The molecule has 0 unspecified atom stereocenters. The van der Waals surface area contributed by atoms with Crippen molar-refractivity contribution in [1.82, 2.24) is 9.66 Å². The number of nitro groups is 1. The third kappa shape index (κ3) is 4.99. The molecule has 10 heteroatoms. The first-order valence-corrected chi connectivity index (χ1v) is 11.2. The Morgan fingerprint density at radius 2 is 2.03 bits per heavy atom. The molecule has 3 rings (SSSR count). The number of ether oxygens (including phenoxy) is 1. The van der Waals surface area contributed by atoms with Gasteiger partial charge in [0.05, 0.1) is 33.2 Å². The Morgan fingerprint density at radius 3 is 2.66 bits per heavy atom. The zero-order valence-electron chi connectivity index (χ0n) is 18.0. The summed E-state index contributed by atoms with van der Waals surface area (Å²) < 4.78 is 7.60. The molecular formula is C22H22BrClN4O4. The second kappa shape index (κ2) is 9.79. The van der Waals surface area contributed by atoms with Gasteiger partial charge in [0.1, 0.15) is 5.82 Å². The lowest BCUT2D eigenvalue weighted by atomic mass is 10.2. The Balaban J connectivity index is 2.13. The molecule has 0 fully saturated rings. The quantitative estimate of drug-likeness (QED) is 0.219. The van der Waals surface area contributed by atoms with E-state index in [9.17, 15) is 14.9 Å². The highest BCUT2D eigenvalue weighted by Crippen LogP contribution is 2.36. The molecule has 0 bridgehead atoms. The van der Waals surface area contributed by atoms with Gasteiger partial charge in [-0.2, -0.15) is 9.78 Å². The standard InChI is InChI=1S/C22H22BrClN4O4/c1-5-13(4)32-20-17(24)8-14(9-19(20)28(30)31)11-25-27-21(12(2)3)26-18-7-6-15(23)10-16(18)22(27)29/h6-13H,5H2,1-4H3/t13-/m1/s1. The highest BCUT2D eigenvalue weighted by atomic mass is 79.9. The number of rotatable bonds is 7. The van der Waals surface area contributed by atoms with Gasteiger partial charge < -0.3 is 4.74 Å². The van der Waals surface area contributed by atoms with Gasteiger partial charge in [0.25, 0.3) is 5.56 Å². The van der Waals surface area contributed by atoms with Crippen LogP contribution in [0.4, 0.5) is 5.69 Å². The molecular weight excluding hydrogens is 500 g/mol. The van der Waals surface area contributed by atoms with E-state index >= 15 is 0 Å². The monoisotopic (exact) mass is 520 g/mol. The number of aromatic nitrogens is 2. The van der Waals surface area contributed by atoms with Gasteiger partial charge >= 0.3 is 5.69 Å². The molecule has 1 heterocycles. The van der Waals surface area contributed by atoms with Gasteiger partial charge in [-0.15, -0.1) is 0 Å². The van der Waals surface area contributed by atoms with Gasteiger partial charge in [0, 0.05) is 22.0 Å². The van der Waals surface area contributed by atoms with Crippen LogP contribution in [0.5, 0.6) is 5.75 Å². The van der Waals surface area contributed by atoms with Gasteiger partial charge in [-0.25, -0.2) is 4.98 Å². The third-order valence-electron chi connectivity index (χ3n) is 4.81. The van der Waals surface area contributed by atoms with Crippen LogP contribution in [0.25, 0.3) is 10.9 Å². The maximum Gasteiger partial charge on any atom is 0.313 e. The van der Waals surface area contributed by atoms with E-state index in [4.69, 9.17) is 16.3 Å². The SMILES string of the molecule is CC[C@@H](C)Oc1c(Cl)cc(C=Nn2c(C(C)C)nc3ccc(Br)cc3c2=O)cc1[N+](=O)[O-]. The summed E-state index contributed by atoms with van der Waals surface area (Å²) in [5, 5.41) is 16.4. The Kier molecular flexibility index (Phi) is 7.30. The minimum absolute atomic E-state index is 0.0143. The molecule has 0 spiro atoms. The largest absolute Gasteiger partial charge is 0.483 e. The summed E-state index contributed by atoms with van der Waals surface area (Å²) in [7, 11) is 0. The van der Waals surface area contributed by atoms with Crippen molar-refractivity contribution in [1.29, 1.82) is 0 Å². The number of fused-ring (bicyclic) bond motifs is 1. The van der Waals surface area contributed by atoms with Crippen LogP contribution in [0.3, 0.4) is 0 Å². The van der Waals surface area contributed by atoms with Crippen molar-refractivity contribution < 1.29 is 9.66 Å². The Bertz CT molecular complexity index is 1270. The molecule has 2 aromatic carbocycles. The lowest BCUT2D eigenvalue weighted by Gasteiger charge is -2.14. The van der Waals surface area contributed by atoms with E-state index in [1.165, 1.54) is 23.0 Å². The minimum Gasteiger partial charge on any atom is -0.483 e. The van der Waals surface area contributed by atoms with Gasteiger partial charge in [0.2, 0.25) is 5.75 Å². The molecule has 3 aromatic rings. The second-order valence-corrected chi connectivity index (χ2v) is 8.92. The number of nitrogens with zero attached hydrogens (tertiary/aromatic N) is 4. The molecule has 0 saturated heterocycles. The molecule has 0 amide bonds. The number of hydrogen-bond acceptors (Lipinski definition) is 6. The Hall–Kier alpha value is -2.78. The lowest BCUT2D eigenvalue weighted by molar-refractivity contribution is -0.386. The summed E-state index contributed by atoms with van der Waals surface area (Å²) in [5.74, 6) is 0.399. The van der Waals surface area contributed by atoms with Gasteiger partial charge in [-0.1, -0.05) is 48.3 Å². The summed E-state index contributed by atoms with van der Waals surface area (Å²) >= 11 is 9.66. The van der Waals surface area contributed by atoms with Crippen LogP contribution in [0.2, 0.25) is 5.02 Å². The van der Waals surface area contributed by atoms with E-state index < -0.39 is 4.92 Å². The Morgan fingerprint density at radius 1 is 1.31 bits per heavy atom. The summed E-state index contributed by atoms with van der Waals surface area (Å²) in [6, 6.07) is 8.10. The van der Waals surface area contributed by atoms with Crippen LogP contribution < -0.4 is 10.3 Å². The highest BCUT2D eigenvalue weighted by Gasteiger charge is 2.22. The zero-order valence-corrected chi connectivity index (χ0v) is 20.3. The average Bonchev–Trinajstić information content (AvgIpc) is 2.74. The molecule has 0 aliphatic carbocycles. The highest BCUT2D eigenvalue weighted by molar-refractivity contribution is 9.10. The first-order chi connectivity index (χ1) is 15.1. The van der Waals surface area contributed by atoms with Crippen molar-refractivity contribution in [2.24, 2.45) is 5.10 Å². The van der Waals surface area contributed by atoms with Crippen molar-refractivity contribution in [2.75, 3.05) is 0 Å². The van der Waals surface area contributed by atoms with E-state index in [0.717, 1.165) is 4.47 Å². The van der Waals surface area contributed by atoms with Gasteiger partial charge in [0.15, 0.2) is 0 Å². The maximum absolute atomic E-state index is 13.1. The van der Waals surface area contributed by atoms with E-state index in [-0.39, 0.29) is 34.0 Å². The van der Waals surface area contributed by atoms with E-state index in [1.807, 2.05) is 26.8 Å². The maximum atomic E-state index is 13.1. The van der Waals surface area contributed by atoms with E-state index in [2.05, 4.69) is 26.0 Å². The molecule has 1 aromatic heterocycles. The van der Waals surface area contributed by atoms with Gasteiger partial charge in [-0.3, -0.25) is 14.9 Å². The summed E-state index contributed by atoms with van der Waals surface area (Å²) in [4.78, 5) is 28.7. The molecule has 0 aliphatic rings. The smallest absolute Gasteiger partial charge is 0.313 e. The van der Waals surface area contributed by atoms with Crippen molar-refractivity contribution in [3.8, 4) is 5.75 Å². The predicted octanol–water partition coefficient (Wildman–Crippen LogP) is 5.90. The fraction of sp³-hybridized carbons (Fsp3) is 0.318. The second-order valence-electron chi connectivity index (χ2n) is 7.59. The minimum atomic E-state index is -0.554. The summed E-state index contributed by atoms with van der Waals surface area (Å²) in [6.07, 6.45) is 1.79. The zero-order chi connectivity index (χ0) is 23.6. The van der Waals surface area contributed by atoms with Crippen LogP contribution in [0, 0.1) is 10.1 Å². The Labute approximate surface area is 198 Å². The fourth-order valence-electron chi connectivity index (χ4n) is 2.99. The fourth-order valence-corrected chi connectivity index (χ4v) is 3.61. The van der Waals surface area contributed by atoms with Crippen molar-refractivity contribution in [2.45, 2.75) is 46.1 Å². The topological polar surface area (TPSA) is 99.6 Å². The molecule has 8 nitrogen and oxygen atoms in total. The van der Waals surface area contributed by atoms with E-state index in [1.54, 1.807) is 19.1 Å². The molecule has 0 saturated carbocycles. The van der Waals surface area contributed by atoms with Crippen LogP contribution >= 0.6 is 27.5 Å². The molecule has 0 N–H and O–H groups in total. The van der Waals surface area contributed by atoms with Crippen molar-refractivity contribution >= 4 is 50.3 Å². The lowest BCUT2D eigenvalue weighted by Crippen LogP contribution is -2.23. The third-order valence-corrected chi connectivity index (χ3v) is 5.58.